The predicted octanol–water partition coefficient (Wildman–Crippen LogP) is 4.10. The molecule has 0 spiro atoms. The summed E-state index contributed by atoms with van der Waals surface area (Å²) in [5.41, 5.74) is 10.0. The summed E-state index contributed by atoms with van der Waals surface area (Å²) in [6.07, 6.45) is 3.24. The van der Waals surface area contributed by atoms with E-state index in [0.29, 0.717) is 12.8 Å². The van der Waals surface area contributed by atoms with E-state index in [0.717, 1.165) is 24.3 Å². The normalized spacial score (nSPS) is 11.0. The highest BCUT2D eigenvalue weighted by Crippen LogP contribution is 2.61. The Labute approximate surface area is 182 Å². The molecule has 0 amide bonds. The van der Waals surface area contributed by atoms with E-state index in [4.69, 9.17) is 32.1 Å². The Morgan fingerprint density at radius 1 is 0.828 bits per heavy atom. The van der Waals surface area contributed by atoms with Gasteiger partial charge in [-0.05, 0) is 25.7 Å². The third kappa shape index (κ3) is 32.8. The topological polar surface area (TPSA) is 202 Å². The van der Waals surface area contributed by atoms with Gasteiger partial charge in [-0.15, -0.1) is 0 Å². The number of hydrogen-bond acceptors (Lipinski definition) is 9. The zero-order valence-corrected chi connectivity index (χ0v) is 20.9. The highest BCUT2D eigenvalue weighted by atomic mass is 32.2. The predicted molar refractivity (Wildman–Crippen MR) is 123 cm³/mol. The lowest BCUT2D eigenvalue weighted by Crippen LogP contribution is -2.03. The van der Waals surface area contributed by atoms with Crippen molar-refractivity contribution in [3.63, 3.8) is 0 Å². The van der Waals surface area contributed by atoms with Crippen molar-refractivity contribution in [3.05, 3.63) is 0 Å². The van der Waals surface area contributed by atoms with Crippen molar-refractivity contribution in [2.75, 3.05) is 24.7 Å². The second-order valence-corrected chi connectivity index (χ2v) is 10.4. The van der Waals surface area contributed by atoms with Gasteiger partial charge in [0.25, 0.3) is 0 Å². The van der Waals surface area contributed by atoms with Gasteiger partial charge in [-0.1, -0.05) is 51.2 Å². The molecule has 0 fully saturated rings. The minimum absolute atomic E-state index is 0.0427. The van der Waals surface area contributed by atoms with Gasteiger partial charge in [-0.25, -0.2) is 9.13 Å². The van der Waals surface area contributed by atoms with Gasteiger partial charge in [0.2, 0.25) is 0 Å². The zero-order chi connectivity index (χ0) is 23.3. The second-order valence-electron chi connectivity index (χ2n) is 5.11. The van der Waals surface area contributed by atoms with E-state index >= 15 is 0 Å². The lowest BCUT2D eigenvalue weighted by Gasteiger charge is -2.17. The van der Waals surface area contributed by atoms with Crippen molar-refractivity contribution >= 4 is 49.5 Å². The molecule has 0 atom stereocenters. The summed E-state index contributed by atoms with van der Waals surface area (Å²) in [6, 6.07) is 0. The maximum atomic E-state index is 11.6. The molecule has 29 heavy (non-hydrogen) atoms. The Kier molecular flexibility index (Phi) is 24.5. The van der Waals surface area contributed by atoms with Crippen LogP contribution in [0.4, 0.5) is 0 Å². The maximum absolute atomic E-state index is 11.6. The fourth-order valence-corrected chi connectivity index (χ4v) is 4.20. The lowest BCUT2D eigenvalue weighted by molar-refractivity contribution is 0.140. The molecule has 0 heterocycles. The molecule has 0 saturated carbocycles. The van der Waals surface area contributed by atoms with Crippen molar-refractivity contribution in [2.45, 2.75) is 53.4 Å². The van der Waals surface area contributed by atoms with E-state index in [2.05, 4.69) is 27.2 Å². The highest BCUT2D eigenvalue weighted by molar-refractivity contribution is 8.13. The molecule has 0 unspecified atom stereocenters. The average molecular weight is 499 g/mol. The van der Waals surface area contributed by atoms with E-state index in [9.17, 15) is 9.13 Å². The van der Waals surface area contributed by atoms with Gasteiger partial charge in [-0.2, -0.15) is 4.31 Å². The molecule has 0 aromatic rings. The quantitative estimate of drug-likeness (QED) is 0.128. The number of phosphoric acid groups is 2. The molecule has 0 aliphatic rings. The number of phosphoric ester groups is 1. The summed E-state index contributed by atoms with van der Waals surface area (Å²) < 4.78 is 35.5. The molecular weight excluding hydrogens is 462 g/mol. The average Bonchev–Trinajstić information content (AvgIpc) is 2.61. The van der Waals surface area contributed by atoms with Crippen LogP contribution in [0, 0.1) is 10.8 Å². The van der Waals surface area contributed by atoms with Crippen molar-refractivity contribution in [3.8, 4) is 0 Å². The third-order valence-electron chi connectivity index (χ3n) is 2.04. The molecule has 0 aliphatic carbocycles. The van der Waals surface area contributed by atoms with Crippen molar-refractivity contribution in [2.24, 2.45) is 11.5 Å². The standard InChI is InChI=1S/C6H16O7P2.2C4H10N2S/c1-3-5-11-15(10,12-6-4-2)13-14(7,8)9;2*1-2-3-7-4(5)6/h3-6H2,1-2H3,(H2,7,8,9);2*2-3H2,1H3,(H3,5,6). The Bertz CT molecular complexity index is 494. The van der Waals surface area contributed by atoms with Gasteiger partial charge < -0.3 is 21.3 Å². The molecule has 0 aliphatic heterocycles. The number of amidine groups is 2. The first-order valence-electron chi connectivity index (χ1n) is 8.96. The van der Waals surface area contributed by atoms with Gasteiger partial charge in [0.05, 0.1) is 13.2 Å². The minimum atomic E-state index is -4.88. The molecule has 15 heteroatoms. The van der Waals surface area contributed by atoms with Crippen LogP contribution in [0.1, 0.15) is 53.4 Å². The van der Waals surface area contributed by atoms with Crippen LogP contribution in [-0.2, 0) is 22.5 Å². The molecule has 176 valence electrons. The first-order chi connectivity index (χ1) is 13.4. The Hall–Kier alpha value is -0.100. The molecule has 0 aromatic heterocycles. The molecule has 0 saturated heterocycles. The summed E-state index contributed by atoms with van der Waals surface area (Å²) in [4.78, 5) is 17.0. The Balaban J connectivity index is -0.000000402. The highest BCUT2D eigenvalue weighted by Gasteiger charge is 2.35. The summed E-state index contributed by atoms with van der Waals surface area (Å²) in [5.74, 6) is 1.94. The maximum Gasteiger partial charge on any atom is 0.483 e. The van der Waals surface area contributed by atoms with Crippen molar-refractivity contribution in [1.29, 1.82) is 10.8 Å². The van der Waals surface area contributed by atoms with Gasteiger partial charge in [-0.3, -0.25) is 19.9 Å². The van der Waals surface area contributed by atoms with Crippen LogP contribution >= 0.6 is 39.2 Å². The van der Waals surface area contributed by atoms with E-state index < -0.39 is 15.6 Å². The number of rotatable bonds is 12. The van der Waals surface area contributed by atoms with Crippen LogP contribution < -0.4 is 11.5 Å². The van der Waals surface area contributed by atoms with E-state index in [1.54, 1.807) is 13.8 Å². The molecule has 0 rings (SSSR count). The van der Waals surface area contributed by atoms with Crippen molar-refractivity contribution < 1.29 is 32.3 Å². The number of hydrogen-bond donors (Lipinski definition) is 6. The van der Waals surface area contributed by atoms with Crippen LogP contribution in [0.2, 0.25) is 0 Å². The van der Waals surface area contributed by atoms with E-state index in [-0.39, 0.29) is 23.5 Å². The van der Waals surface area contributed by atoms with Gasteiger partial charge in [0, 0.05) is 11.5 Å². The van der Waals surface area contributed by atoms with Crippen molar-refractivity contribution in [1.82, 2.24) is 0 Å². The summed E-state index contributed by atoms with van der Waals surface area (Å²) >= 11 is 2.78. The van der Waals surface area contributed by atoms with Gasteiger partial charge >= 0.3 is 15.6 Å². The monoisotopic (exact) mass is 498 g/mol. The van der Waals surface area contributed by atoms with E-state index in [1.165, 1.54) is 23.5 Å². The van der Waals surface area contributed by atoms with Crippen LogP contribution in [0.25, 0.3) is 0 Å². The third-order valence-corrected chi connectivity index (χ3v) is 6.53. The number of thioether (sulfide) groups is 2. The fourth-order valence-electron chi connectivity index (χ4n) is 1.04. The number of nitrogens with two attached hydrogens (primary N) is 2. The summed E-state index contributed by atoms with van der Waals surface area (Å²) in [7, 11) is -9.02. The van der Waals surface area contributed by atoms with Gasteiger partial charge in [0.15, 0.2) is 10.3 Å². The molecular formula is C14H36N4O7P2S2. The molecule has 0 aromatic carbocycles. The zero-order valence-electron chi connectivity index (χ0n) is 17.5. The van der Waals surface area contributed by atoms with E-state index in [1.807, 2.05) is 0 Å². The largest absolute Gasteiger partial charge is 0.483 e. The second kappa shape index (κ2) is 21.1. The molecule has 11 nitrogen and oxygen atoms in total. The summed E-state index contributed by atoms with van der Waals surface area (Å²) in [5, 5.41) is 13.9. The van der Waals surface area contributed by atoms with Crippen LogP contribution in [-0.4, -0.2) is 44.8 Å². The fraction of sp³-hybridized carbons (Fsp3) is 0.857. The van der Waals surface area contributed by atoms with Crippen LogP contribution in [0.15, 0.2) is 0 Å². The Morgan fingerprint density at radius 2 is 1.17 bits per heavy atom. The first kappa shape index (κ1) is 33.5. The SMILES string of the molecule is CCCOP(=O)(OCCC)OP(=O)(O)O.CCCSC(=N)N.CCCSC(=N)N. The summed E-state index contributed by atoms with van der Waals surface area (Å²) in [6.45, 7) is 7.72. The lowest BCUT2D eigenvalue weighted by atomic mass is 10.5. The number of nitrogens with one attached hydrogen (secondary N) is 2. The first-order valence-corrected chi connectivity index (χ1v) is 13.9. The molecule has 0 bridgehead atoms. The minimum Gasteiger partial charge on any atom is -0.379 e. The smallest absolute Gasteiger partial charge is 0.379 e. The Morgan fingerprint density at radius 3 is 1.34 bits per heavy atom. The molecule has 8 N–H and O–H groups in total. The van der Waals surface area contributed by atoms with Gasteiger partial charge in [0.1, 0.15) is 0 Å². The van der Waals surface area contributed by atoms with Crippen LogP contribution in [0.3, 0.4) is 0 Å². The van der Waals surface area contributed by atoms with Crippen LogP contribution in [0.5, 0.6) is 0 Å². The molecule has 0 radical (unpaired) electrons.